The molecule has 4 aromatic rings. The third-order valence-corrected chi connectivity index (χ3v) is 6.51. The summed E-state index contributed by atoms with van der Waals surface area (Å²) in [5.41, 5.74) is 6.19. The third kappa shape index (κ3) is 4.72. The van der Waals surface area contributed by atoms with E-state index in [9.17, 15) is 4.79 Å². The van der Waals surface area contributed by atoms with Crippen LogP contribution in [-0.2, 0) is 5.75 Å². The molecule has 0 atom stereocenters. The summed E-state index contributed by atoms with van der Waals surface area (Å²) in [6.07, 6.45) is 1.82. The van der Waals surface area contributed by atoms with E-state index in [2.05, 4.69) is 39.8 Å². The van der Waals surface area contributed by atoms with Crippen LogP contribution in [0.15, 0.2) is 88.3 Å². The molecule has 29 heavy (non-hydrogen) atoms. The summed E-state index contributed by atoms with van der Waals surface area (Å²) in [6, 6.07) is 21.8. The minimum atomic E-state index is -0.210. The van der Waals surface area contributed by atoms with E-state index >= 15 is 0 Å². The van der Waals surface area contributed by atoms with Crippen LogP contribution < -0.4 is 5.43 Å². The molecule has 1 amide bonds. The Morgan fingerprint density at radius 1 is 1.07 bits per heavy atom. The smallest absolute Gasteiger partial charge is 0.267 e. The van der Waals surface area contributed by atoms with Gasteiger partial charge in [0.25, 0.3) is 5.91 Å². The highest BCUT2D eigenvalue weighted by molar-refractivity contribution is 7.98. The van der Waals surface area contributed by atoms with E-state index in [1.54, 1.807) is 23.1 Å². The second kappa shape index (κ2) is 9.03. The average Bonchev–Trinajstić information content (AvgIpc) is 3.31. The summed E-state index contributed by atoms with van der Waals surface area (Å²) in [4.78, 5) is 19.0. The number of hydrazone groups is 1. The number of rotatable bonds is 6. The fourth-order valence-corrected chi connectivity index (χ4v) is 4.52. The Morgan fingerprint density at radius 2 is 1.90 bits per heavy atom. The lowest BCUT2D eigenvalue weighted by molar-refractivity contribution is 0.0955. The van der Waals surface area contributed by atoms with Crippen LogP contribution in [0.25, 0.3) is 10.9 Å². The molecule has 144 valence electrons. The van der Waals surface area contributed by atoms with Crippen molar-refractivity contribution in [2.45, 2.75) is 17.6 Å². The Kier molecular flexibility index (Phi) is 6.03. The fraction of sp³-hybridized carbons (Fsp3) is 0.0870. The van der Waals surface area contributed by atoms with Gasteiger partial charge in [-0.3, -0.25) is 9.78 Å². The van der Waals surface area contributed by atoms with Crippen LogP contribution in [-0.4, -0.2) is 16.6 Å². The summed E-state index contributed by atoms with van der Waals surface area (Å²) in [7, 11) is 0. The van der Waals surface area contributed by atoms with Crippen molar-refractivity contribution in [3.8, 4) is 0 Å². The van der Waals surface area contributed by atoms with E-state index in [1.807, 2.05) is 61.0 Å². The molecule has 0 bridgehead atoms. The molecule has 0 radical (unpaired) electrons. The highest BCUT2D eigenvalue weighted by Gasteiger charge is 2.07. The van der Waals surface area contributed by atoms with Gasteiger partial charge in [0.1, 0.15) is 0 Å². The van der Waals surface area contributed by atoms with E-state index in [0.717, 1.165) is 37.7 Å². The molecule has 0 saturated heterocycles. The van der Waals surface area contributed by atoms with E-state index in [0.29, 0.717) is 5.56 Å². The standard InChI is InChI=1S/C23H19N3OS2/c1-16(20-8-4-14-28-20)25-26-23(27)19-11-9-17(10-12-19)15-29-21-7-2-5-18-6-3-13-24-22(18)21/h2-14H,15H2,1H3,(H,26,27)/b25-16-. The number of thiophene rings is 1. The average molecular weight is 418 g/mol. The first-order chi connectivity index (χ1) is 14.2. The van der Waals surface area contributed by atoms with Gasteiger partial charge < -0.3 is 0 Å². The summed E-state index contributed by atoms with van der Waals surface area (Å²) in [5.74, 6) is 0.603. The molecule has 6 heteroatoms. The zero-order valence-electron chi connectivity index (χ0n) is 15.8. The van der Waals surface area contributed by atoms with Crippen molar-refractivity contribution in [1.29, 1.82) is 0 Å². The lowest BCUT2D eigenvalue weighted by atomic mass is 10.1. The number of carbonyl (C=O) groups is 1. The van der Waals surface area contributed by atoms with E-state index in [-0.39, 0.29) is 5.91 Å². The summed E-state index contributed by atoms with van der Waals surface area (Å²) in [6.45, 7) is 1.88. The molecule has 0 unspecified atom stereocenters. The van der Waals surface area contributed by atoms with Crippen LogP contribution in [0.1, 0.15) is 27.7 Å². The monoisotopic (exact) mass is 417 g/mol. The lowest BCUT2D eigenvalue weighted by Crippen LogP contribution is -2.19. The van der Waals surface area contributed by atoms with Crippen molar-refractivity contribution < 1.29 is 4.79 Å². The van der Waals surface area contributed by atoms with E-state index in [1.165, 1.54) is 0 Å². The van der Waals surface area contributed by atoms with Gasteiger partial charge in [-0.2, -0.15) is 5.10 Å². The molecule has 4 rings (SSSR count). The number of nitrogens with zero attached hydrogens (tertiary/aromatic N) is 2. The first kappa shape index (κ1) is 19.4. The highest BCUT2D eigenvalue weighted by Crippen LogP contribution is 2.28. The predicted molar refractivity (Wildman–Crippen MR) is 122 cm³/mol. The maximum absolute atomic E-state index is 12.3. The second-order valence-electron chi connectivity index (χ2n) is 6.43. The van der Waals surface area contributed by atoms with Crippen molar-refractivity contribution in [3.63, 3.8) is 0 Å². The molecule has 0 aliphatic rings. The number of nitrogens with one attached hydrogen (secondary N) is 1. The van der Waals surface area contributed by atoms with Gasteiger partial charge in [0.15, 0.2) is 0 Å². The molecular formula is C23H19N3OS2. The molecule has 2 heterocycles. The van der Waals surface area contributed by atoms with Gasteiger partial charge in [-0.25, -0.2) is 5.43 Å². The largest absolute Gasteiger partial charge is 0.271 e. The zero-order chi connectivity index (χ0) is 20.1. The number of carbonyl (C=O) groups excluding carboxylic acids is 1. The summed E-state index contributed by atoms with van der Waals surface area (Å²) >= 11 is 3.34. The molecule has 2 aromatic heterocycles. The number of hydrogen-bond acceptors (Lipinski definition) is 5. The summed E-state index contributed by atoms with van der Waals surface area (Å²) in [5, 5.41) is 7.32. The number of amides is 1. The van der Waals surface area contributed by atoms with Gasteiger partial charge in [0.05, 0.1) is 11.2 Å². The number of hydrogen-bond donors (Lipinski definition) is 1. The summed E-state index contributed by atoms with van der Waals surface area (Å²) < 4.78 is 0. The third-order valence-electron chi connectivity index (χ3n) is 4.41. The number of pyridine rings is 1. The maximum Gasteiger partial charge on any atom is 0.271 e. The van der Waals surface area contributed by atoms with Crippen LogP contribution >= 0.6 is 23.1 Å². The molecule has 0 spiro atoms. The zero-order valence-corrected chi connectivity index (χ0v) is 17.5. The maximum atomic E-state index is 12.3. The minimum Gasteiger partial charge on any atom is -0.267 e. The normalized spacial score (nSPS) is 11.6. The lowest BCUT2D eigenvalue weighted by Gasteiger charge is -2.06. The van der Waals surface area contributed by atoms with Crippen LogP contribution in [0.3, 0.4) is 0 Å². The van der Waals surface area contributed by atoms with E-state index < -0.39 is 0 Å². The van der Waals surface area contributed by atoms with Crippen molar-refractivity contribution in [2.75, 3.05) is 0 Å². The Balaban J connectivity index is 1.39. The Labute approximate surface area is 177 Å². The van der Waals surface area contributed by atoms with Gasteiger partial charge in [-0.1, -0.05) is 36.4 Å². The Hall–Kier alpha value is -2.96. The molecule has 4 nitrogen and oxygen atoms in total. The van der Waals surface area contributed by atoms with Gasteiger partial charge >= 0.3 is 0 Å². The van der Waals surface area contributed by atoms with Gasteiger partial charge in [0.2, 0.25) is 0 Å². The van der Waals surface area contributed by atoms with Gasteiger partial charge in [-0.05, 0) is 48.2 Å². The van der Waals surface area contributed by atoms with Crippen LogP contribution in [0.2, 0.25) is 0 Å². The van der Waals surface area contributed by atoms with Crippen LogP contribution in [0.5, 0.6) is 0 Å². The number of fused-ring (bicyclic) bond motifs is 1. The molecule has 0 aliphatic carbocycles. The van der Waals surface area contributed by atoms with E-state index in [4.69, 9.17) is 0 Å². The van der Waals surface area contributed by atoms with Crippen molar-refractivity contribution in [2.24, 2.45) is 5.10 Å². The number of thioether (sulfide) groups is 1. The number of aromatic nitrogens is 1. The Bertz CT molecular complexity index is 1150. The topological polar surface area (TPSA) is 54.4 Å². The molecule has 0 aliphatic heterocycles. The Morgan fingerprint density at radius 3 is 2.69 bits per heavy atom. The molecule has 0 saturated carbocycles. The van der Waals surface area contributed by atoms with Crippen molar-refractivity contribution >= 4 is 45.6 Å². The number of para-hydroxylation sites is 1. The first-order valence-corrected chi connectivity index (χ1v) is 11.0. The minimum absolute atomic E-state index is 0.210. The molecule has 0 fully saturated rings. The molecule has 1 N–H and O–H groups in total. The van der Waals surface area contributed by atoms with Crippen LogP contribution in [0.4, 0.5) is 0 Å². The SMILES string of the molecule is C/C(=N/NC(=O)c1ccc(CSc2cccc3cccnc23)cc1)c1cccs1. The fourth-order valence-electron chi connectivity index (χ4n) is 2.84. The number of benzene rings is 2. The van der Waals surface area contributed by atoms with Crippen molar-refractivity contribution in [3.05, 3.63) is 94.3 Å². The first-order valence-electron chi connectivity index (χ1n) is 9.15. The second-order valence-corrected chi connectivity index (χ2v) is 8.40. The predicted octanol–water partition coefficient (Wildman–Crippen LogP) is 5.74. The van der Waals surface area contributed by atoms with Gasteiger partial charge in [0, 0.05) is 32.7 Å². The molecule has 2 aromatic carbocycles. The van der Waals surface area contributed by atoms with Crippen LogP contribution in [0, 0.1) is 0 Å². The quantitative estimate of drug-likeness (QED) is 0.247. The van der Waals surface area contributed by atoms with Crippen molar-refractivity contribution in [1.82, 2.24) is 10.4 Å². The highest BCUT2D eigenvalue weighted by atomic mass is 32.2. The molecular weight excluding hydrogens is 398 g/mol. The van der Waals surface area contributed by atoms with Gasteiger partial charge in [-0.15, -0.1) is 23.1 Å².